The van der Waals surface area contributed by atoms with Crippen molar-refractivity contribution in [2.45, 2.75) is 58.4 Å². The van der Waals surface area contributed by atoms with E-state index in [1.807, 2.05) is 20.8 Å². The summed E-state index contributed by atoms with van der Waals surface area (Å²) in [6.07, 6.45) is 0. The summed E-state index contributed by atoms with van der Waals surface area (Å²) in [6, 6.07) is -0.397. The van der Waals surface area contributed by atoms with Crippen molar-refractivity contribution in [3.8, 4) is 0 Å². The number of hydrogen-bond donors (Lipinski definition) is 2. The van der Waals surface area contributed by atoms with Crippen molar-refractivity contribution < 1.29 is 13.2 Å². The molecule has 0 aliphatic rings. The van der Waals surface area contributed by atoms with E-state index in [9.17, 15) is 13.2 Å². The van der Waals surface area contributed by atoms with Crippen molar-refractivity contribution in [1.29, 1.82) is 0 Å². The second-order valence-corrected chi connectivity index (χ2v) is 8.51. The Hall–Kier alpha value is -0.620. The molecular weight excluding hydrogens is 252 g/mol. The van der Waals surface area contributed by atoms with Crippen molar-refractivity contribution in [2.24, 2.45) is 0 Å². The van der Waals surface area contributed by atoms with E-state index < -0.39 is 15.9 Å². The van der Waals surface area contributed by atoms with Gasteiger partial charge in [0.1, 0.15) is 0 Å². The molecule has 18 heavy (non-hydrogen) atoms. The highest BCUT2D eigenvalue weighted by Crippen LogP contribution is 2.01. The molecule has 0 heterocycles. The molecule has 0 rings (SSSR count). The maximum atomic E-state index is 11.7. The van der Waals surface area contributed by atoms with E-state index in [-0.39, 0.29) is 22.4 Å². The summed E-state index contributed by atoms with van der Waals surface area (Å²) < 4.78 is 23.1. The molecule has 0 aliphatic heterocycles. The molecular formula is C12H26N2O3S. The molecule has 1 unspecified atom stereocenters. The maximum Gasteiger partial charge on any atom is 0.237 e. The molecule has 0 spiro atoms. The van der Waals surface area contributed by atoms with Gasteiger partial charge in [-0.1, -0.05) is 0 Å². The van der Waals surface area contributed by atoms with Crippen LogP contribution >= 0.6 is 0 Å². The van der Waals surface area contributed by atoms with E-state index >= 15 is 0 Å². The standard InChI is InChI=1S/C12H26N2O3S/c1-9(2)18(16,17)8-7-13-10(3)11(15)14-12(4,5)6/h9-10,13H,7-8H2,1-6H3,(H,14,15). The molecule has 6 heteroatoms. The summed E-state index contributed by atoms with van der Waals surface area (Å²) in [5, 5.41) is 5.39. The molecule has 0 aromatic rings. The van der Waals surface area contributed by atoms with Crippen LogP contribution in [0.3, 0.4) is 0 Å². The predicted molar refractivity (Wildman–Crippen MR) is 74.3 cm³/mol. The highest BCUT2D eigenvalue weighted by molar-refractivity contribution is 7.92. The largest absolute Gasteiger partial charge is 0.350 e. The van der Waals surface area contributed by atoms with Gasteiger partial charge in [0.05, 0.1) is 17.0 Å². The summed E-state index contributed by atoms with van der Waals surface area (Å²) in [4.78, 5) is 11.7. The second-order valence-electron chi connectivity index (χ2n) is 5.83. The van der Waals surface area contributed by atoms with Gasteiger partial charge in [-0.3, -0.25) is 4.79 Å². The van der Waals surface area contributed by atoms with Gasteiger partial charge in [0.15, 0.2) is 9.84 Å². The zero-order valence-electron chi connectivity index (χ0n) is 12.2. The van der Waals surface area contributed by atoms with Crippen molar-refractivity contribution in [2.75, 3.05) is 12.3 Å². The number of rotatable bonds is 6. The fourth-order valence-electron chi connectivity index (χ4n) is 1.22. The Morgan fingerprint density at radius 2 is 1.67 bits per heavy atom. The van der Waals surface area contributed by atoms with Crippen LogP contribution in [0.2, 0.25) is 0 Å². The van der Waals surface area contributed by atoms with Gasteiger partial charge >= 0.3 is 0 Å². The van der Waals surface area contributed by atoms with Gasteiger partial charge in [-0.05, 0) is 41.5 Å². The third-order valence-electron chi connectivity index (χ3n) is 2.45. The molecule has 5 nitrogen and oxygen atoms in total. The van der Waals surface area contributed by atoms with Crippen molar-refractivity contribution in [3.05, 3.63) is 0 Å². The predicted octanol–water partition coefficient (Wildman–Crippen LogP) is 0.702. The molecule has 0 radical (unpaired) electrons. The van der Waals surface area contributed by atoms with Gasteiger partial charge in [0.25, 0.3) is 0 Å². The van der Waals surface area contributed by atoms with Crippen molar-refractivity contribution in [3.63, 3.8) is 0 Å². The van der Waals surface area contributed by atoms with Crippen LogP contribution in [0.1, 0.15) is 41.5 Å². The van der Waals surface area contributed by atoms with Crippen LogP contribution in [-0.4, -0.2) is 43.5 Å². The van der Waals surface area contributed by atoms with Gasteiger partial charge in [-0.2, -0.15) is 0 Å². The number of carbonyl (C=O) groups excluding carboxylic acids is 1. The smallest absolute Gasteiger partial charge is 0.237 e. The number of hydrogen-bond acceptors (Lipinski definition) is 4. The molecule has 0 fully saturated rings. The summed E-state index contributed by atoms with van der Waals surface area (Å²) in [5.74, 6) is -0.0675. The van der Waals surface area contributed by atoms with Crippen LogP contribution in [0.25, 0.3) is 0 Å². The van der Waals surface area contributed by atoms with Crippen LogP contribution in [0.5, 0.6) is 0 Å². The average Bonchev–Trinajstić information content (AvgIpc) is 2.14. The third-order valence-corrected chi connectivity index (χ3v) is 4.66. The SMILES string of the molecule is CC(NCCS(=O)(=O)C(C)C)C(=O)NC(C)(C)C. The van der Waals surface area contributed by atoms with Gasteiger partial charge in [0.2, 0.25) is 5.91 Å². The number of amides is 1. The quantitative estimate of drug-likeness (QED) is 0.750. The molecule has 0 aliphatic carbocycles. The molecule has 0 aromatic carbocycles. The molecule has 0 aromatic heterocycles. The van der Waals surface area contributed by atoms with Crippen LogP contribution in [-0.2, 0) is 14.6 Å². The van der Waals surface area contributed by atoms with Crippen molar-refractivity contribution >= 4 is 15.7 Å². The zero-order chi connectivity index (χ0) is 14.6. The Morgan fingerprint density at radius 1 is 1.17 bits per heavy atom. The minimum atomic E-state index is -3.05. The van der Waals surface area contributed by atoms with Crippen LogP contribution in [0.4, 0.5) is 0 Å². The van der Waals surface area contributed by atoms with Crippen LogP contribution in [0, 0.1) is 0 Å². The van der Waals surface area contributed by atoms with Gasteiger partial charge < -0.3 is 10.6 Å². The summed E-state index contributed by atoms with van der Waals surface area (Å²) >= 11 is 0. The molecule has 0 saturated heterocycles. The Bertz CT molecular complexity index is 369. The first-order chi connectivity index (χ1) is 7.96. The molecule has 1 amide bonds. The fourth-order valence-corrected chi connectivity index (χ4v) is 2.10. The highest BCUT2D eigenvalue weighted by atomic mass is 32.2. The first kappa shape index (κ1) is 17.4. The lowest BCUT2D eigenvalue weighted by molar-refractivity contribution is -0.124. The second kappa shape index (κ2) is 6.52. The summed E-state index contributed by atoms with van der Waals surface area (Å²) in [6.45, 7) is 11.0. The molecule has 1 atom stereocenters. The minimum Gasteiger partial charge on any atom is -0.350 e. The van der Waals surface area contributed by atoms with E-state index in [4.69, 9.17) is 0 Å². The number of nitrogens with one attached hydrogen (secondary N) is 2. The van der Waals surface area contributed by atoms with E-state index in [0.29, 0.717) is 6.54 Å². The molecule has 108 valence electrons. The lowest BCUT2D eigenvalue weighted by atomic mass is 10.1. The first-order valence-electron chi connectivity index (χ1n) is 6.22. The van der Waals surface area contributed by atoms with E-state index in [2.05, 4.69) is 10.6 Å². The molecule has 2 N–H and O–H groups in total. The van der Waals surface area contributed by atoms with E-state index in [1.165, 1.54) is 0 Å². The zero-order valence-corrected chi connectivity index (χ0v) is 13.0. The Labute approximate surface area is 111 Å². The molecule has 0 bridgehead atoms. The van der Waals surface area contributed by atoms with Crippen LogP contribution < -0.4 is 10.6 Å². The minimum absolute atomic E-state index is 0.0534. The van der Waals surface area contributed by atoms with Crippen molar-refractivity contribution in [1.82, 2.24) is 10.6 Å². The first-order valence-corrected chi connectivity index (χ1v) is 7.94. The Morgan fingerprint density at radius 3 is 2.06 bits per heavy atom. The highest BCUT2D eigenvalue weighted by Gasteiger charge is 2.20. The maximum absolute atomic E-state index is 11.7. The Kier molecular flexibility index (Phi) is 6.29. The third kappa shape index (κ3) is 6.96. The number of sulfone groups is 1. The number of carbonyl (C=O) groups is 1. The Balaban J connectivity index is 4.13. The lowest BCUT2D eigenvalue weighted by Gasteiger charge is -2.23. The van der Waals surface area contributed by atoms with E-state index in [0.717, 1.165) is 0 Å². The van der Waals surface area contributed by atoms with Gasteiger partial charge in [-0.15, -0.1) is 0 Å². The molecule has 0 saturated carbocycles. The lowest BCUT2D eigenvalue weighted by Crippen LogP contribution is -2.50. The van der Waals surface area contributed by atoms with E-state index in [1.54, 1.807) is 20.8 Å². The van der Waals surface area contributed by atoms with Gasteiger partial charge in [-0.25, -0.2) is 8.42 Å². The fraction of sp³-hybridized carbons (Fsp3) is 0.917. The van der Waals surface area contributed by atoms with Crippen LogP contribution in [0.15, 0.2) is 0 Å². The topological polar surface area (TPSA) is 75.3 Å². The normalized spacial score (nSPS) is 14.6. The summed E-state index contributed by atoms with van der Waals surface area (Å²) in [5.41, 5.74) is -0.281. The average molecular weight is 278 g/mol. The summed E-state index contributed by atoms with van der Waals surface area (Å²) in [7, 11) is -3.05. The van der Waals surface area contributed by atoms with Gasteiger partial charge in [0, 0.05) is 12.1 Å². The monoisotopic (exact) mass is 278 g/mol.